The number of carboxylic acid groups (broad SMARTS) is 1. The molecule has 4 heterocycles. The smallest absolute Gasteiger partial charge is 0.370 e. The first-order valence-corrected chi connectivity index (χ1v) is 21.6. The lowest BCUT2D eigenvalue weighted by Crippen LogP contribution is -2.46. The lowest BCUT2D eigenvalue weighted by atomic mass is 9.87. The van der Waals surface area contributed by atoms with Gasteiger partial charge in [0.25, 0.3) is 6.33 Å². The summed E-state index contributed by atoms with van der Waals surface area (Å²) in [5.41, 5.74) is 1.54. The highest BCUT2D eigenvalue weighted by atomic mass is 32.2. The highest BCUT2D eigenvalue weighted by Gasteiger charge is 2.46. The molecule has 0 saturated carbocycles. The topological polar surface area (TPSA) is 170 Å². The largest absolute Gasteiger partial charge is 0.493 e. The number of aliphatic hydroxyl groups excluding tert-OH is 1. The van der Waals surface area contributed by atoms with Crippen molar-refractivity contribution in [3.8, 4) is 11.4 Å². The number of benzene rings is 3. The first kappa shape index (κ1) is 44.3. The predicted molar refractivity (Wildman–Crippen MR) is 226 cm³/mol. The molecular weight excluding hydrogens is 827 g/mol. The molecule has 2 N–H and O–H groups in total. The first-order chi connectivity index (χ1) is 29.8. The molecular formula is C43H51F2N8O8S+. The van der Waals surface area contributed by atoms with Crippen molar-refractivity contribution >= 4 is 34.4 Å². The van der Waals surface area contributed by atoms with E-state index < -0.39 is 46.6 Å². The summed E-state index contributed by atoms with van der Waals surface area (Å²) in [5, 5.41) is 27.0. The molecule has 3 aromatic carbocycles. The summed E-state index contributed by atoms with van der Waals surface area (Å²) in [4.78, 5) is 40.6. The SMILES string of the molecule is CCC[C@@H]([C@H](C)O)n1ncn(-c2ccc(N3CCN(c4ccc(OC[C@@H]5CO[C@@](Cn6c[n+](C(C)OC(=O)SCC(=O)O)cn6)(c6ccc(F)cc6F)C5)cc4)CC3)cc2)c1=O. The molecule has 7 rings (SSSR count). The van der Waals surface area contributed by atoms with Crippen molar-refractivity contribution in [3.05, 3.63) is 113 Å². The number of aliphatic hydroxyl groups is 1. The Morgan fingerprint density at radius 3 is 2.27 bits per heavy atom. The minimum absolute atomic E-state index is 0.0691. The van der Waals surface area contributed by atoms with Crippen molar-refractivity contribution in [2.45, 2.75) is 70.6 Å². The zero-order chi connectivity index (χ0) is 44.0. The summed E-state index contributed by atoms with van der Waals surface area (Å²) in [6, 6.07) is 18.8. The van der Waals surface area contributed by atoms with Crippen LogP contribution in [0.1, 0.15) is 57.9 Å². The molecule has 5 atom stereocenters. The Morgan fingerprint density at radius 1 is 0.984 bits per heavy atom. The van der Waals surface area contributed by atoms with Crippen molar-refractivity contribution in [1.82, 2.24) is 24.1 Å². The number of halogens is 2. The third-order valence-electron chi connectivity index (χ3n) is 11.3. The van der Waals surface area contributed by atoms with Gasteiger partial charge in [-0.15, -0.1) is 4.68 Å². The Bertz CT molecular complexity index is 2370. The minimum Gasteiger partial charge on any atom is -0.493 e. The lowest BCUT2D eigenvalue weighted by molar-refractivity contribution is -0.753. The van der Waals surface area contributed by atoms with E-state index in [0.29, 0.717) is 42.6 Å². The van der Waals surface area contributed by atoms with E-state index in [0.717, 1.165) is 50.0 Å². The van der Waals surface area contributed by atoms with Crippen LogP contribution in [0.3, 0.4) is 0 Å². The second kappa shape index (κ2) is 19.5. The van der Waals surface area contributed by atoms with E-state index in [1.54, 1.807) is 20.2 Å². The van der Waals surface area contributed by atoms with Crippen molar-refractivity contribution in [2.75, 3.05) is 54.9 Å². The summed E-state index contributed by atoms with van der Waals surface area (Å²) < 4.78 is 53.1. The number of thioether (sulfide) groups is 1. The number of rotatable bonds is 17. The molecule has 0 spiro atoms. The number of piperazine rings is 1. The number of aliphatic carboxylic acids is 1. The molecule has 0 radical (unpaired) electrons. The van der Waals surface area contributed by atoms with Crippen LogP contribution in [0.5, 0.6) is 5.75 Å². The molecule has 16 nitrogen and oxygen atoms in total. The number of carboxylic acids is 1. The Morgan fingerprint density at radius 2 is 1.65 bits per heavy atom. The first-order valence-electron chi connectivity index (χ1n) is 20.6. The van der Waals surface area contributed by atoms with Crippen molar-refractivity contribution in [1.29, 1.82) is 0 Å². The van der Waals surface area contributed by atoms with Crippen molar-refractivity contribution in [3.63, 3.8) is 0 Å². The number of nitrogens with zero attached hydrogens (tertiary/aromatic N) is 8. The third kappa shape index (κ3) is 10.3. The maximum atomic E-state index is 15.4. The summed E-state index contributed by atoms with van der Waals surface area (Å²) in [5.74, 6) is -2.49. The predicted octanol–water partition coefficient (Wildman–Crippen LogP) is 5.33. The van der Waals surface area contributed by atoms with Crippen LogP contribution >= 0.6 is 11.8 Å². The summed E-state index contributed by atoms with van der Waals surface area (Å²) in [6.45, 7) is 9.13. The van der Waals surface area contributed by atoms with Gasteiger partial charge in [-0.1, -0.05) is 19.4 Å². The molecule has 2 aliphatic rings. The van der Waals surface area contributed by atoms with Crippen molar-refractivity contribution in [2.24, 2.45) is 5.92 Å². The van der Waals surface area contributed by atoms with Gasteiger partial charge in [-0.2, -0.15) is 9.67 Å². The molecule has 2 saturated heterocycles. The van der Waals surface area contributed by atoms with Crippen LogP contribution in [-0.4, -0.2) is 96.9 Å². The van der Waals surface area contributed by atoms with Crippen LogP contribution < -0.4 is 24.8 Å². The van der Waals surface area contributed by atoms with E-state index in [-0.39, 0.29) is 36.4 Å². The third-order valence-corrected chi connectivity index (χ3v) is 12.0. The maximum absolute atomic E-state index is 15.4. The molecule has 0 amide bonds. The van der Waals surface area contributed by atoms with Gasteiger partial charge in [-0.3, -0.25) is 4.79 Å². The second-order valence-corrected chi connectivity index (χ2v) is 16.6. The molecule has 5 aromatic rings. The van der Waals surface area contributed by atoms with Crippen LogP contribution in [0.25, 0.3) is 5.69 Å². The molecule has 330 valence electrons. The van der Waals surface area contributed by atoms with Gasteiger partial charge in [0.05, 0.1) is 31.0 Å². The van der Waals surface area contributed by atoms with E-state index in [9.17, 15) is 23.9 Å². The maximum Gasteiger partial charge on any atom is 0.370 e. The van der Waals surface area contributed by atoms with E-state index >= 15 is 4.39 Å². The Kier molecular flexibility index (Phi) is 13.9. The molecule has 1 unspecified atom stereocenters. The average molecular weight is 878 g/mol. The number of aromatic nitrogens is 6. The number of carbonyl (C=O) groups is 2. The molecule has 62 heavy (non-hydrogen) atoms. The van der Waals surface area contributed by atoms with Gasteiger partial charge in [0.2, 0.25) is 12.6 Å². The fourth-order valence-corrected chi connectivity index (χ4v) is 8.48. The van der Waals surface area contributed by atoms with E-state index in [1.165, 1.54) is 43.3 Å². The van der Waals surface area contributed by atoms with Gasteiger partial charge >= 0.3 is 17.0 Å². The van der Waals surface area contributed by atoms with E-state index in [4.69, 9.17) is 19.3 Å². The Hall–Kier alpha value is -5.79. The highest BCUT2D eigenvalue weighted by Crippen LogP contribution is 2.42. The standard InChI is InChI=1S/C43H50F2N8O8S/c1-4-5-39(29(2)54)53-41(57)52(27-47-53)35-9-7-33(8-10-35)48-16-18-49(19-17-48)34-11-13-36(14-12-34)59-22-31-21-43(60-23-31,37-15-6-32(44)20-38(37)45)25-51-28-50(26-46-51)30(3)61-42(58)62-24-40(55)56/h6-15,20,26-31,39,54H,4-5,16-19,21-25H2,1-3H3/p+1/t29-,30?,31+,39-,43-/m0/s1. The molecule has 0 aliphatic carbocycles. The highest BCUT2D eigenvalue weighted by molar-refractivity contribution is 8.13. The van der Waals surface area contributed by atoms with Gasteiger partial charge in [-0.05, 0) is 86.1 Å². The van der Waals surface area contributed by atoms with Gasteiger partial charge in [0.1, 0.15) is 41.6 Å². The molecule has 2 fully saturated rings. The van der Waals surface area contributed by atoms with Crippen LogP contribution in [-0.2, 0) is 26.4 Å². The molecule has 0 bridgehead atoms. The zero-order valence-electron chi connectivity index (χ0n) is 34.8. The van der Waals surface area contributed by atoms with Gasteiger partial charge in [0, 0.05) is 67.1 Å². The number of hydrogen-bond donors (Lipinski definition) is 2. The van der Waals surface area contributed by atoms with Crippen LogP contribution in [0.15, 0.2) is 90.5 Å². The van der Waals surface area contributed by atoms with Gasteiger partial charge in [-0.25, -0.2) is 27.6 Å². The molecule has 2 aliphatic heterocycles. The summed E-state index contributed by atoms with van der Waals surface area (Å²) in [6.07, 6.45) is 4.84. The lowest BCUT2D eigenvalue weighted by Gasteiger charge is -2.37. The minimum atomic E-state index is -1.21. The van der Waals surface area contributed by atoms with Crippen LogP contribution in [0, 0.1) is 17.6 Å². The van der Waals surface area contributed by atoms with E-state index in [1.807, 2.05) is 55.5 Å². The number of ether oxygens (including phenoxy) is 3. The summed E-state index contributed by atoms with van der Waals surface area (Å²) in [7, 11) is 0. The fraction of sp³-hybridized carbons (Fsp3) is 0.442. The number of anilines is 2. The van der Waals surface area contributed by atoms with Crippen LogP contribution in [0.4, 0.5) is 25.0 Å². The fourth-order valence-electron chi connectivity index (χ4n) is 8.03. The average Bonchev–Trinajstić information content (AvgIpc) is 4.00. The van der Waals surface area contributed by atoms with Crippen LogP contribution in [0.2, 0.25) is 0 Å². The monoisotopic (exact) mass is 877 g/mol. The van der Waals surface area contributed by atoms with Gasteiger partial charge < -0.3 is 34.2 Å². The van der Waals surface area contributed by atoms with Crippen molar-refractivity contribution < 1.29 is 47.4 Å². The second-order valence-electron chi connectivity index (χ2n) is 15.7. The zero-order valence-corrected chi connectivity index (χ0v) is 35.6. The Labute approximate surface area is 361 Å². The Balaban J connectivity index is 0.926. The molecule has 19 heteroatoms. The van der Waals surface area contributed by atoms with Gasteiger partial charge in [0.15, 0.2) is 0 Å². The number of carbonyl (C=O) groups excluding carboxylic acids is 1. The summed E-state index contributed by atoms with van der Waals surface area (Å²) >= 11 is 0.529. The normalized spacial score (nSPS) is 19.3. The number of hydrogen-bond acceptors (Lipinski definition) is 12. The quantitative estimate of drug-likeness (QED) is 0.0909. The van der Waals surface area contributed by atoms with E-state index in [2.05, 4.69) is 20.0 Å². The molecule has 2 aromatic heterocycles.